The highest BCUT2D eigenvalue weighted by atomic mass is 19.1. The summed E-state index contributed by atoms with van der Waals surface area (Å²) in [6.45, 7) is 11.5. The number of carbonyl (C=O) groups is 2. The molecular weight excluding hydrogens is 441 g/mol. The topological polar surface area (TPSA) is 130 Å². The van der Waals surface area contributed by atoms with Gasteiger partial charge in [0.05, 0.1) is 18.9 Å². The van der Waals surface area contributed by atoms with E-state index < -0.39 is 64.4 Å². The van der Waals surface area contributed by atoms with E-state index in [1.807, 2.05) is 13.8 Å². The summed E-state index contributed by atoms with van der Waals surface area (Å²) in [5, 5.41) is 33.9. The average molecular weight is 480 g/mol. The molecule has 34 heavy (non-hydrogen) atoms. The Kier molecular flexibility index (Phi) is 6.81. The number of aliphatic hydroxyl groups is 3. The van der Waals surface area contributed by atoms with Crippen molar-refractivity contribution in [3.8, 4) is 0 Å². The molecule has 0 bridgehead atoms. The summed E-state index contributed by atoms with van der Waals surface area (Å²) < 4.78 is 18.7. The normalized spacial score (nSPS) is 39.8. The van der Waals surface area contributed by atoms with Crippen LogP contribution in [0.15, 0.2) is 35.5 Å². The molecule has 7 nitrogen and oxygen atoms in total. The minimum absolute atomic E-state index is 0.0439. The van der Waals surface area contributed by atoms with E-state index in [4.69, 9.17) is 10.5 Å². The number of rotatable bonds is 6. The maximum atomic E-state index is 13.0. The minimum atomic E-state index is -1.86. The van der Waals surface area contributed by atoms with Crippen LogP contribution in [0.2, 0.25) is 0 Å². The maximum absolute atomic E-state index is 13.0. The Morgan fingerprint density at radius 2 is 1.91 bits per heavy atom. The summed E-state index contributed by atoms with van der Waals surface area (Å²) in [5.41, 5.74) is 1.62. The quantitative estimate of drug-likeness (QED) is 0.339. The van der Waals surface area contributed by atoms with E-state index in [1.54, 1.807) is 32.9 Å². The number of Topliss-reactive ketones (excluding diaryl/α,β-unsaturated/α-hetero) is 1. The fourth-order valence-corrected chi connectivity index (χ4v) is 6.37. The summed E-state index contributed by atoms with van der Waals surface area (Å²) in [6, 6.07) is -1.18. The number of hydrogen-bond donors (Lipinski definition) is 4. The van der Waals surface area contributed by atoms with Crippen LogP contribution in [-0.4, -0.2) is 63.2 Å². The number of fused-ring (bicyclic) bond motifs is 3. The molecule has 0 amide bonds. The van der Waals surface area contributed by atoms with Crippen LogP contribution in [0.4, 0.5) is 4.39 Å². The molecule has 7 atom stereocenters. The zero-order valence-corrected chi connectivity index (χ0v) is 20.7. The van der Waals surface area contributed by atoms with Gasteiger partial charge in [0.2, 0.25) is 0 Å². The van der Waals surface area contributed by atoms with Crippen molar-refractivity contribution in [2.45, 2.75) is 76.7 Å². The van der Waals surface area contributed by atoms with Gasteiger partial charge >= 0.3 is 5.97 Å². The fraction of sp³-hybridized carbons (Fsp3) is 0.692. The summed E-state index contributed by atoms with van der Waals surface area (Å²) in [7, 11) is 0. The van der Waals surface area contributed by atoms with E-state index in [-0.39, 0.29) is 31.4 Å². The van der Waals surface area contributed by atoms with Gasteiger partial charge in [0.15, 0.2) is 5.78 Å². The molecule has 0 heterocycles. The average Bonchev–Trinajstić information content (AvgIpc) is 2.91. The maximum Gasteiger partial charge on any atom is 0.327 e. The number of nitrogens with two attached hydrogens (primary N) is 1. The molecular formula is C26H38FNO6. The second kappa shape index (κ2) is 8.66. The molecule has 0 aliphatic heterocycles. The molecule has 3 aliphatic carbocycles. The van der Waals surface area contributed by atoms with Crippen LogP contribution in [0.5, 0.6) is 0 Å². The first kappa shape index (κ1) is 26.7. The minimum Gasteiger partial charge on any atom is -0.457 e. The number of halogens is 1. The number of ether oxygens (including phenoxy) is 1. The molecule has 0 radical (unpaired) electrons. The van der Waals surface area contributed by atoms with Crippen molar-refractivity contribution >= 4 is 11.8 Å². The number of ketones is 1. The van der Waals surface area contributed by atoms with E-state index in [2.05, 4.69) is 6.58 Å². The van der Waals surface area contributed by atoms with Gasteiger partial charge in [-0.3, -0.25) is 9.18 Å². The van der Waals surface area contributed by atoms with Gasteiger partial charge < -0.3 is 25.8 Å². The summed E-state index contributed by atoms with van der Waals surface area (Å²) in [6.07, 6.45) is 3.47. The Labute approximate surface area is 200 Å². The van der Waals surface area contributed by atoms with Crippen LogP contribution in [0.25, 0.3) is 0 Å². The molecule has 5 N–H and O–H groups in total. The molecule has 1 saturated carbocycles. The number of alkyl halides is 1. The molecule has 0 unspecified atom stereocenters. The Morgan fingerprint density at radius 1 is 1.29 bits per heavy atom. The zero-order valence-electron chi connectivity index (χ0n) is 20.7. The van der Waals surface area contributed by atoms with Crippen molar-refractivity contribution in [1.29, 1.82) is 0 Å². The molecule has 3 rings (SSSR count). The monoisotopic (exact) mass is 479 g/mol. The largest absolute Gasteiger partial charge is 0.457 e. The number of esters is 1. The van der Waals surface area contributed by atoms with Gasteiger partial charge in [0.1, 0.15) is 17.2 Å². The summed E-state index contributed by atoms with van der Waals surface area (Å²) >= 11 is 0. The van der Waals surface area contributed by atoms with Crippen molar-refractivity contribution in [3.05, 3.63) is 35.5 Å². The van der Waals surface area contributed by atoms with Crippen LogP contribution in [0.1, 0.15) is 53.9 Å². The molecule has 0 spiro atoms. The van der Waals surface area contributed by atoms with E-state index >= 15 is 0 Å². The Hall–Kier alpha value is -1.87. The Bertz CT molecular complexity index is 957. The predicted octanol–water partition coefficient (Wildman–Crippen LogP) is 2.14. The molecule has 0 aromatic rings. The van der Waals surface area contributed by atoms with Crippen molar-refractivity contribution in [3.63, 3.8) is 0 Å². The first-order valence-corrected chi connectivity index (χ1v) is 11.8. The third kappa shape index (κ3) is 3.70. The molecule has 3 aliphatic rings. The third-order valence-electron chi connectivity index (χ3n) is 8.84. The third-order valence-corrected chi connectivity index (χ3v) is 8.84. The van der Waals surface area contributed by atoms with Gasteiger partial charge in [-0.2, -0.15) is 0 Å². The first-order valence-electron chi connectivity index (χ1n) is 11.8. The first-order chi connectivity index (χ1) is 15.6. The Morgan fingerprint density at radius 3 is 2.47 bits per heavy atom. The van der Waals surface area contributed by atoms with Gasteiger partial charge in [0, 0.05) is 23.7 Å². The molecule has 190 valence electrons. The summed E-state index contributed by atoms with van der Waals surface area (Å²) in [4.78, 5) is 25.9. The number of aliphatic hydroxyl groups excluding tert-OH is 1. The van der Waals surface area contributed by atoms with Gasteiger partial charge in [-0.05, 0) is 49.3 Å². The van der Waals surface area contributed by atoms with E-state index in [1.165, 1.54) is 0 Å². The van der Waals surface area contributed by atoms with Gasteiger partial charge in [-0.25, -0.2) is 4.79 Å². The Balaban J connectivity index is 2.08. The van der Waals surface area contributed by atoms with E-state index in [9.17, 15) is 29.3 Å². The van der Waals surface area contributed by atoms with Crippen molar-refractivity contribution in [2.75, 3.05) is 13.3 Å². The van der Waals surface area contributed by atoms with Crippen molar-refractivity contribution in [2.24, 2.45) is 28.9 Å². The zero-order chi connectivity index (χ0) is 25.9. The van der Waals surface area contributed by atoms with Crippen LogP contribution >= 0.6 is 0 Å². The standard InChI is InChI=1S/C26H38FNO6/c1-14(7-8-27)20(28)22(31)34-24(6)11-16(3)26(33)18(23(24,4)5)10-17(13-29)12-25(32)19(26)9-15(2)21(25)30/h9-10,16,18-20,29,32-33H,1,7-8,11-13,28H2,2-6H3/t16-,18+,19-,20+,24-,25-,26-/m1/s1. The highest BCUT2D eigenvalue weighted by Gasteiger charge is 2.69. The van der Waals surface area contributed by atoms with Crippen LogP contribution < -0.4 is 5.73 Å². The lowest BCUT2D eigenvalue weighted by molar-refractivity contribution is -0.246. The summed E-state index contributed by atoms with van der Waals surface area (Å²) in [5.74, 6) is -3.25. The van der Waals surface area contributed by atoms with Gasteiger partial charge in [-0.1, -0.05) is 39.5 Å². The van der Waals surface area contributed by atoms with Crippen molar-refractivity contribution in [1.82, 2.24) is 0 Å². The lowest BCUT2D eigenvalue weighted by Crippen LogP contribution is -2.69. The van der Waals surface area contributed by atoms with Gasteiger partial charge in [0.25, 0.3) is 0 Å². The van der Waals surface area contributed by atoms with E-state index in [0.29, 0.717) is 11.1 Å². The lowest BCUT2D eigenvalue weighted by Gasteiger charge is -2.61. The lowest BCUT2D eigenvalue weighted by atomic mass is 9.48. The van der Waals surface area contributed by atoms with Crippen LogP contribution in [0, 0.1) is 23.2 Å². The highest BCUT2D eigenvalue weighted by Crippen LogP contribution is 2.63. The van der Waals surface area contributed by atoms with E-state index in [0.717, 1.165) is 0 Å². The van der Waals surface area contributed by atoms with Gasteiger partial charge in [-0.15, -0.1) is 0 Å². The number of hydrogen-bond acceptors (Lipinski definition) is 7. The molecule has 0 aromatic heterocycles. The second-order valence-corrected chi connectivity index (χ2v) is 11.2. The van der Waals surface area contributed by atoms with Crippen LogP contribution in [-0.2, 0) is 14.3 Å². The molecule has 0 aromatic carbocycles. The smallest absolute Gasteiger partial charge is 0.327 e. The molecule has 0 saturated heterocycles. The van der Waals surface area contributed by atoms with Crippen LogP contribution in [0.3, 0.4) is 0 Å². The second-order valence-electron chi connectivity index (χ2n) is 11.2. The SMILES string of the molecule is C=C(CCF)[C@H](N)C(=O)O[C@]1(C)C[C@@H](C)[C@@]2(O)[C@@H](C=C(CO)C[C@]3(O)C(=O)C(C)=C[C@@H]23)C1(C)C. The fourth-order valence-electron chi connectivity index (χ4n) is 6.37. The highest BCUT2D eigenvalue weighted by molar-refractivity contribution is 6.04. The number of carbonyl (C=O) groups excluding carboxylic acids is 2. The predicted molar refractivity (Wildman–Crippen MR) is 125 cm³/mol. The molecule has 8 heteroatoms. The molecule has 1 fully saturated rings. The van der Waals surface area contributed by atoms with Crippen molar-refractivity contribution < 1.29 is 34.0 Å².